The van der Waals surface area contributed by atoms with E-state index in [-0.39, 0.29) is 12.2 Å². The molecule has 0 aliphatic carbocycles. The predicted octanol–water partition coefficient (Wildman–Crippen LogP) is 2.65. The van der Waals surface area contributed by atoms with E-state index in [1.807, 2.05) is 32.9 Å². The highest BCUT2D eigenvalue weighted by Gasteiger charge is 2.32. The van der Waals surface area contributed by atoms with E-state index in [4.69, 9.17) is 18.9 Å². The van der Waals surface area contributed by atoms with Crippen molar-refractivity contribution in [3.63, 3.8) is 0 Å². The molecule has 1 aliphatic rings. The largest absolute Gasteiger partial charge is 0.493 e. The number of hydrogen-bond donors (Lipinski definition) is 2. The number of hydrogen-bond acceptors (Lipinski definition) is 6. The number of benzene rings is 2. The molecule has 2 aromatic rings. The maximum absolute atomic E-state index is 12.3. The van der Waals surface area contributed by atoms with E-state index < -0.39 is 11.8 Å². The van der Waals surface area contributed by atoms with Crippen molar-refractivity contribution in [2.45, 2.75) is 32.8 Å². The Bertz CT molecular complexity index is 941. The van der Waals surface area contributed by atoms with Gasteiger partial charge in [-0.3, -0.25) is 20.4 Å². The molecule has 2 N–H and O–H groups in total. The van der Waals surface area contributed by atoms with Gasteiger partial charge in [0.2, 0.25) is 0 Å². The number of hydrazine groups is 1. The third-order valence-corrected chi connectivity index (χ3v) is 4.45. The lowest BCUT2D eigenvalue weighted by atomic mass is 10.0. The molecular weight excluding hydrogens is 388 g/mol. The Morgan fingerprint density at radius 2 is 1.87 bits per heavy atom. The van der Waals surface area contributed by atoms with Crippen molar-refractivity contribution in [2.75, 3.05) is 20.3 Å². The summed E-state index contributed by atoms with van der Waals surface area (Å²) in [7, 11) is 1.49. The number of para-hydroxylation sites is 1. The zero-order chi connectivity index (χ0) is 21.7. The first-order chi connectivity index (χ1) is 14.3. The molecule has 0 unspecified atom stereocenters. The standard InChI is InChI=1S/C22H26N2O6/c1-5-28-16-10-9-14(11-18(16)27-4)21(26)24-23-19(25)13-29-17-8-6-7-15-12-22(2,3)30-20(15)17/h6-11H,5,12-13H2,1-4H3,(H,23,25)(H,24,26). The van der Waals surface area contributed by atoms with Gasteiger partial charge in [0.25, 0.3) is 11.8 Å². The summed E-state index contributed by atoms with van der Waals surface area (Å²) in [6.45, 7) is 6.05. The molecule has 8 nitrogen and oxygen atoms in total. The number of ether oxygens (including phenoxy) is 4. The van der Waals surface area contributed by atoms with Gasteiger partial charge in [-0.25, -0.2) is 0 Å². The minimum Gasteiger partial charge on any atom is -0.493 e. The van der Waals surface area contributed by atoms with Crippen molar-refractivity contribution in [3.05, 3.63) is 47.5 Å². The molecule has 1 aliphatic heterocycles. The van der Waals surface area contributed by atoms with Crippen LogP contribution in [0.2, 0.25) is 0 Å². The Morgan fingerprint density at radius 1 is 1.07 bits per heavy atom. The van der Waals surface area contributed by atoms with E-state index in [1.165, 1.54) is 13.2 Å². The van der Waals surface area contributed by atoms with Gasteiger partial charge < -0.3 is 18.9 Å². The normalized spacial score (nSPS) is 13.6. The van der Waals surface area contributed by atoms with Crippen LogP contribution in [0.4, 0.5) is 0 Å². The number of amides is 2. The highest BCUT2D eigenvalue weighted by molar-refractivity contribution is 5.96. The van der Waals surface area contributed by atoms with Crippen molar-refractivity contribution in [3.8, 4) is 23.0 Å². The number of carbonyl (C=O) groups is 2. The summed E-state index contributed by atoms with van der Waals surface area (Å²) in [4.78, 5) is 24.4. The molecule has 0 saturated carbocycles. The maximum Gasteiger partial charge on any atom is 0.276 e. The van der Waals surface area contributed by atoms with E-state index in [0.29, 0.717) is 35.2 Å². The van der Waals surface area contributed by atoms with Gasteiger partial charge in [-0.15, -0.1) is 0 Å². The maximum atomic E-state index is 12.3. The molecule has 0 atom stereocenters. The molecule has 0 radical (unpaired) electrons. The number of methoxy groups -OCH3 is 1. The number of rotatable bonds is 7. The van der Waals surface area contributed by atoms with Crippen LogP contribution in [-0.2, 0) is 11.2 Å². The fourth-order valence-corrected chi connectivity index (χ4v) is 3.16. The molecule has 3 rings (SSSR count). The van der Waals surface area contributed by atoms with Crippen LogP contribution in [0.5, 0.6) is 23.0 Å². The van der Waals surface area contributed by atoms with Crippen LogP contribution in [0.3, 0.4) is 0 Å². The molecule has 160 valence electrons. The Balaban J connectivity index is 1.53. The summed E-state index contributed by atoms with van der Waals surface area (Å²) < 4.78 is 22.2. The lowest BCUT2D eigenvalue weighted by Crippen LogP contribution is -2.43. The van der Waals surface area contributed by atoms with Crippen molar-refractivity contribution < 1.29 is 28.5 Å². The average Bonchev–Trinajstić information content (AvgIpc) is 3.05. The predicted molar refractivity (Wildman–Crippen MR) is 110 cm³/mol. The number of fused-ring (bicyclic) bond motifs is 1. The first-order valence-corrected chi connectivity index (χ1v) is 9.66. The molecule has 0 fully saturated rings. The van der Waals surface area contributed by atoms with Gasteiger partial charge in [-0.2, -0.15) is 0 Å². The minimum absolute atomic E-state index is 0.271. The van der Waals surface area contributed by atoms with Gasteiger partial charge in [-0.05, 0) is 45.0 Å². The SMILES string of the molecule is CCOc1ccc(C(=O)NNC(=O)COc2cccc3c2OC(C)(C)C3)cc1OC. The van der Waals surface area contributed by atoms with E-state index in [1.54, 1.807) is 18.2 Å². The Labute approximate surface area is 175 Å². The summed E-state index contributed by atoms with van der Waals surface area (Å²) in [6.07, 6.45) is 0.771. The van der Waals surface area contributed by atoms with Gasteiger partial charge in [0, 0.05) is 17.5 Å². The summed E-state index contributed by atoms with van der Waals surface area (Å²) in [6, 6.07) is 10.3. The molecule has 0 saturated heterocycles. The second kappa shape index (κ2) is 8.94. The van der Waals surface area contributed by atoms with Crippen LogP contribution in [0.15, 0.2) is 36.4 Å². The average molecular weight is 414 g/mol. The van der Waals surface area contributed by atoms with Crippen molar-refractivity contribution >= 4 is 11.8 Å². The molecule has 0 aromatic heterocycles. The smallest absolute Gasteiger partial charge is 0.276 e. The molecule has 2 aromatic carbocycles. The molecule has 0 spiro atoms. The summed E-state index contributed by atoms with van der Waals surface area (Å²) in [5, 5.41) is 0. The summed E-state index contributed by atoms with van der Waals surface area (Å²) >= 11 is 0. The monoisotopic (exact) mass is 414 g/mol. The van der Waals surface area contributed by atoms with E-state index >= 15 is 0 Å². The molecule has 2 amide bonds. The number of carbonyl (C=O) groups excluding carboxylic acids is 2. The summed E-state index contributed by atoms with van der Waals surface area (Å²) in [5.74, 6) is 1.12. The van der Waals surface area contributed by atoms with E-state index in [2.05, 4.69) is 10.9 Å². The van der Waals surface area contributed by atoms with Gasteiger partial charge >= 0.3 is 0 Å². The van der Waals surface area contributed by atoms with Crippen LogP contribution < -0.4 is 29.8 Å². The lowest BCUT2D eigenvalue weighted by Gasteiger charge is -2.18. The second-order valence-electron chi connectivity index (χ2n) is 7.37. The second-order valence-corrected chi connectivity index (χ2v) is 7.37. The first kappa shape index (κ1) is 21.3. The fourth-order valence-electron chi connectivity index (χ4n) is 3.16. The van der Waals surface area contributed by atoms with Crippen molar-refractivity contribution in [1.29, 1.82) is 0 Å². The number of nitrogens with one attached hydrogen (secondary N) is 2. The van der Waals surface area contributed by atoms with Crippen molar-refractivity contribution in [1.82, 2.24) is 10.9 Å². The third-order valence-electron chi connectivity index (χ3n) is 4.45. The molecular formula is C22H26N2O6. The van der Waals surface area contributed by atoms with Crippen LogP contribution in [0.25, 0.3) is 0 Å². The zero-order valence-corrected chi connectivity index (χ0v) is 17.5. The highest BCUT2D eigenvalue weighted by Crippen LogP contribution is 2.41. The first-order valence-electron chi connectivity index (χ1n) is 9.66. The quantitative estimate of drug-likeness (QED) is 0.677. The third kappa shape index (κ3) is 4.94. The summed E-state index contributed by atoms with van der Waals surface area (Å²) in [5.41, 5.74) is 5.74. The van der Waals surface area contributed by atoms with Crippen molar-refractivity contribution in [2.24, 2.45) is 0 Å². The Morgan fingerprint density at radius 3 is 2.60 bits per heavy atom. The van der Waals surface area contributed by atoms with Gasteiger partial charge in [0.05, 0.1) is 13.7 Å². The highest BCUT2D eigenvalue weighted by atomic mass is 16.5. The Kier molecular flexibility index (Phi) is 6.34. The van der Waals surface area contributed by atoms with Gasteiger partial charge in [0.15, 0.2) is 29.6 Å². The van der Waals surface area contributed by atoms with Crippen LogP contribution in [0.1, 0.15) is 36.7 Å². The fraction of sp³-hybridized carbons (Fsp3) is 0.364. The topological polar surface area (TPSA) is 95.1 Å². The van der Waals surface area contributed by atoms with Crippen LogP contribution in [-0.4, -0.2) is 37.7 Å². The zero-order valence-electron chi connectivity index (χ0n) is 17.5. The van der Waals surface area contributed by atoms with Gasteiger partial charge in [-0.1, -0.05) is 12.1 Å². The molecule has 30 heavy (non-hydrogen) atoms. The minimum atomic E-state index is -0.504. The van der Waals surface area contributed by atoms with E-state index in [9.17, 15) is 9.59 Å². The van der Waals surface area contributed by atoms with Gasteiger partial charge in [0.1, 0.15) is 5.60 Å². The lowest BCUT2D eigenvalue weighted by molar-refractivity contribution is -0.123. The molecule has 8 heteroatoms. The molecule has 0 bridgehead atoms. The molecule has 1 heterocycles. The van der Waals surface area contributed by atoms with Crippen LogP contribution >= 0.6 is 0 Å². The Hall–Kier alpha value is -3.42. The van der Waals surface area contributed by atoms with E-state index in [0.717, 1.165) is 12.0 Å². The van der Waals surface area contributed by atoms with Crippen LogP contribution in [0, 0.1) is 0 Å².